The van der Waals surface area contributed by atoms with Gasteiger partial charge in [0.1, 0.15) is 0 Å². The van der Waals surface area contributed by atoms with Crippen LogP contribution < -0.4 is 0 Å². The Hall–Kier alpha value is -0.820. The summed E-state index contributed by atoms with van der Waals surface area (Å²) >= 11 is 1.87. The lowest BCUT2D eigenvalue weighted by Gasteiger charge is -2.03. The molecule has 1 aromatic heterocycles. The van der Waals surface area contributed by atoms with Crippen LogP contribution in [0.4, 0.5) is 0 Å². The highest BCUT2D eigenvalue weighted by molar-refractivity contribution is 7.19. The Bertz CT molecular complexity index is 424. The Morgan fingerprint density at radius 1 is 1.07 bits per heavy atom. The second kappa shape index (κ2) is 5.32. The first-order chi connectivity index (χ1) is 7.16. The minimum Gasteiger partial charge on any atom is -0.141 e. The van der Waals surface area contributed by atoms with Gasteiger partial charge in [-0.15, -0.1) is 11.3 Å². The quantitative estimate of drug-likeness (QED) is 0.607. The second-order valence-corrected chi connectivity index (χ2v) is 5.10. The van der Waals surface area contributed by atoms with Gasteiger partial charge in [0.15, 0.2) is 0 Å². The Kier molecular flexibility index (Phi) is 4.34. The van der Waals surface area contributed by atoms with Gasteiger partial charge in [-0.05, 0) is 35.9 Å². The number of thiophene rings is 1. The molecule has 2 rings (SSSR count). The summed E-state index contributed by atoms with van der Waals surface area (Å²) in [5.41, 5.74) is 1.44. The minimum absolute atomic E-state index is 0.629. The van der Waals surface area contributed by atoms with Crippen molar-refractivity contribution < 1.29 is 0 Å². The van der Waals surface area contributed by atoms with Gasteiger partial charge in [-0.25, -0.2) is 0 Å². The lowest BCUT2D eigenvalue weighted by Crippen LogP contribution is -1.84. The summed E-state index contributed by atoms with van der Waals surface area (Å²) in [6, 6.07) is 9.06. The van der Waals surface area contributed by atoms with Crippen LogP contribution in [0.5, 0.6) is 0 Å². The zero-order valence-electron chi connectivity index (χ0n) is 10.3. The van der Waals surface area contributed by atoms with Gasteiger partial charge in [0.05, 0.1) is 0 Å². The van der Waals surface area contributed by atoms with Gasteiger partial charge < -0.3 is 0 Å². The molecule has 0 saturated carbocycles. The Balaban J connectivity index is 0.000000531. The summed E-state index contributed by atoms with van der Waals surface area (Å²) in [7, 11) is 0. The van der Waals surface area contributed by atoms with E-state index in [9.17, 15) is 0 Å². The van der Waals surface area contributed by atoms with Gasteiger partial charge in [-0.2, -0.15) is 0 Å². The van der Waals surface area contributed by atoms with Crippen molar-refractivity contribution in [2.75, 3.05) is 0 Å². The molecule has 0 atom stereocenters. The van der Waals surface area contributed by atoms with Gasteiger partial charge in [0, 0.05) is 9.58 Å². The van der Waals surface area contributed by atoms with Crippen LogP contribution in [0.2, 0.25) is 0 Å². The summed E-state index contributed by atoms with van der Waals surface area (Å²) in [4.78, 5) is 1.40. The van der Waals surface area contributed by atoms with E-state index in [1.807, 2.05) is 25.2 Å². The average Bonchev–Trinajstić information content (AvgIpc) is 2.59. The van der Waals surface area contributed by atoms with E-state index in [2.05, 4.69) is 45.0 Å². The monoisotopic (exact) mass is 220 g/mol. The number of hydrogen-bond acceptors (Lipinski definition) is 1. The van der Waals surface area contributed by atoms with E-state index in [4.69, 9.17) is 0 Å². The summed E-state index contributed by atoms with van der Waals surface area (Å²) < 4.78 is 1.40. The van der Waals surface area contributed by atoms with E-state index >= 15 is 0 Å². The van der Waals surface area contributed by atoms with Crippen LogP contribution in [-0.4, -0.2) is 0 Å². The molecular formula is C14H20S. The van der Waals surface area contributed by atoms with Crippen molar-refractivity contribution in [3.05, 3.63) is 34.7 Å². The standard InChI is InChI=1S/C12H14S.C2H6/c1-8(2)10-4-5-12-11(7-10)6-9(3)13-12;1-2/h4-8H,1-3H3;1-2H3. The maximum Gasteiger partial charge on any atom is 0.0345 e. The fraction of sp³-hybridized carbons (Fsp3) is 0.429. The van der Waals surface area contributed by atoms with Crippen molar-refractivity contribution >= 4 is 21.4 Å². The molecule has 82 valence electrons. The van der Waals surface area contributed by atoms with Crippen LogP contribution in [0.1, 0.15) is 44.1 Å². The molecule has 0 fully saturated rings. The summed E-state index contributed by atoms with van der Waals surface area (Å²) in [5.74, 6) is 0.629. The molecule has 0 aliphatic heterocycles. The van der Waals surface area contributed by atoms with Crippen LogP contribution in [0, 0.1) is 6.92 Å². The summed E-state index contributed by atoms with van der Waals surface area (Å²) in [5, 5.41) is 1.40. The van der Waals surface area contributed by atoms with Crippen molar-refractivity contribution in [1.82, 2.24) is 0 Å². The smallest absolute Gasteiger partial charge is 0.0345 e. The molecule has 0 nitrogen and oxygen atoms in total. The second-order valence-electron chi connectivity index (χ2n) is 3.81. The Morgan fingerprint density at radius 2 is 1.73 bits per heavy atom. The Morgan fingerprint density at radius 3 is 2.33 bits per heavy atom. The van der Waals surface area contributed by atoms with Crippen molar-refractivity contribution in [3.8, 4) is 0 Å². The molecule has 0 N–H and O–H groups in total. The third-order valence-electron chi connectivity index (χ3n) is 2.33. The molecule has 0 aliphatic carbocycles. The molecule has 0 bridgehead atoms. The maximum atomic E-state index is 2.31. The molecule has 1 heteroatoms. The lowest BCUT2D eigenvalue weighted by molar-refractivity contribution is 0.869. The van der Waals surface area contributed by atoms with Crippen molar-refractivity contribution in [1.29, 1.82) is 0 Å². The highest BCUT2D eigenvalue weighted by Crippen LogP contribution is 2.27. The predicted octanol–water partition coefficient (Wildman–Crippen LogP) is 5.36. The van der Waals surface area contributed by atoms with Gasteiger partial charge in [0.25, 0.3) is 0 Å². The topological polar surface area (TPSA) is 0 Å². The first kappa shape index (κ1) is 12.3. The predicted molar refractivity (Wildman–Crippen MR) is 72.0 cm³/mol. The van der Waals surface area contributed by atoms with E-state index in [1.165, 1.54) is 20.5 Å². The molecule has 0 spiro atoms. The van der Waals surface area contributed by atoms with Crippen molar-refractivity contribution in [2.24, 2.45) is 0 Å². The van der Waals surface area contributed by atoms with Crippen LogP contribution in [0.3, 0.4) is 0 Å². The molecule has 0 aliphatic rings. The molecule has 0 unspecified atom stereocenters. The third-order valence-corrected chi connectivity index (χ3v) is 3.36. The zero-order valence-corrected chi connectivity index (χ0v) is 11.1. The molecular weight excluding hydrogens is 200 g/mol. The molecule has 0 saturated heterocycles. The first-order valence-corrected chi connectivity index (χ1v) is 6.48. The first-order valence-electron chi connectivity index (χ1n) is 5.67. The van der Waals surface area contributed by atoms with Crippen LogP contribution in [0.25, 0.3) is 10.1 Å². The van der Waals surface area contributed by atoms with Gasteiger partial charge in [-0.1, -0.05) is 39.8 Å². The number of benzene rings is 1. The summed E-state index contributed by atoms with van der Waals surface area (Å²) in [6.07, 6.45) is 0. The van der Waals surface area contributed by atoms with E-state index < -0.39 is 0 Å². The highest BCUT2D eigenvalue weighted by atomic mass is 32.1. The average molecular weight is 220 g/mol. The van der Waals surface area contributed by atoms with E-state index in [0.29, 0.717) is 5.92 Å². The van der Waals surface area contributed by atoms with Gasteiger partial charge in [0.2, 0.25) is 0 Å². The zero-order chi connectivity index (χ0) is 11.4. The van der Waals surface area contributed by atoms with Crippen LogP contribution >= 0.6 is 11.3 Å². The summed E-state index contributed by atoms with van der Waals surface area (Å²) in [6.45, 7) is 10.6. The normalized spacial score (nSPS) is 10.3. The lowest BCUT2D eigenvalue weighted by atomic mass is 10.0. The molecule has 15 heavy (non-hydrogen) atoms. The number of fused-ring (bicyclic) bond motifs is 1. The van der Waals surface area contributed by atoms with Gasteiger partial charge in [-0.3, -0.25) is 0 Å². The SMILES string of the molecule is CC.Cc1cc2cc(C(C)C)ccc2s1. The molecule has 0 amide bonds. The molecule has 2 aromatic rings. The van der Waals surface area contributed by atoms with E-state index in [-0.39, 0.29) is 0 Å². The number of rotatable bonds is 1. The molecule has 1 heterocycles. The van der Waals surface area contributed by atoms with Gasteiger partial charge >= 0.3 is 0 Å². The Labute approximate surface area is 96.9 Å². The number of hydrogen-bond donors (Lipinski definition) is 0. The molecule has 1 aromatic carbocycles. The fourth-order valence-electron chi connectivity index (χ4n) is 1.55. The highest BCUT2D eigenvalue weighted by Gasteiger charge is 2.02. The minimum atomic E-state index is 0.629. The largest absolute Gasteiger partial charge is 0.141 e. The van der Waals surface area contributed by atoms with Crippen molar-refractivity contribution in [3.63, 3.8) is 0 Å². The molecule has 0 radical (unpaired) electrons. The van der Waals surface area contributed by atoms with Crippen LogP contribution in [-0.2, 0) is 0 Å². The fourth-order valence-corrected chi connectivity index (χ4v) is 2.46. The maximum absolute atomic E-state index is 2.31. The third kappa shape index (κ3) is 2.82. The van der Waals surface area contributed by atoms with Crippen LogP contribution in [0.15, 0.2) is 24.3 Å². The van der Waals surface area contributed by atoms with Crippen molar-refractivity contribution in [2.45, 2.75) is 40.5 Å². The number of aryl methyl sites for hydroxylation is 1. The van der Waals surface area contributed by atoms with E-state index in [0.717, 1.165) is 0 Å². The van der Waals surface area contributed by atoms with E-state index in [1.54, 1.807) is 0 Å².